The SMILES string of the molecule is Cl.Cl.O=C(NC1CCN(Cc2ccncc2)CC1)C1CCCCN1. The molecule has 2 fully saturated rings. The Morgan fingerprint density at radius 2 is 1.88 bits per heavy atom. The summed E-state index contributed by atoms with van der Waals surface area (Å²) in [5.41, 5.74) is 1.31. The first kappa shape index (κ1) is 21.2. The van der Waals surface area contributed by atoms with Crippen molar-refractivity contribution in [2.45, 2.75) is 50.7 Å². The number of pyridine rings is 1. The summed E-state index contributed by atoms with van der Waals surface area (Å²) in [5.74, 6) is 0.201. The highest BCUT2D eigenvalue weighted by molar-refractivity contribution is 5.85. The van der Waals surface area contributed by atoms with Crippen molar-refractivity contribution in [2.75, 3.05) is 19.6 Å². The van der Waals surface area contributed by atoms with Gasteiger partial charge in [-0.15, -0.1) is 24.8 Å². The molecular weight excluding hydrogens is 347 g/mol. The molecule has 1 aromatic rings. The van der Waals surface area contributed by atoms with Crippen molar-refractivity contribution >= 4 is 30.7 Å². The van der Waals surface area contributed by atoms with Crippen LogP contribution in [0.4, 0.5) is 0 Å². The average molecular weight is 375 g/mol. The summed E-state index contributed by atoms with van der Waals surface area (Å²) >= 11 is 0. The van der Waals surface area contributed by atoms with E-state index in [4.69, 9.17) is 0 Å². The van der Waals surface area contributed by atoms with Crippen molar-refractivity contribution in [3.05, 3.63) is 30.1 Å². The maximum Gasteiger partial charge on any atom is 0.237 e. The summed E-state index contributed by atoms with van der Waals surface area (Å²) in [6.07, 6.45) is 9.12. The molecule has 0 radical (unpaired) electrons. The Hall–Kier alpha value is -0.880. The lowest BCUT2D eigenvalue weighted by molar-refractivity contribution is -0.124. The van der Waals surface area contributed by atoms with E-state index in [1.165, 1.54) is 12.0 Å². The molecule has 7 heteroatoms. The highest BCUT2D eigenvalue weighted by Crippen LogP contribution is 2.14. The number of rotatable bonds is 4. The number of hydrogen-bond acceptors (Lipinski definition) is 4. The zero-order valence-corrected chi connectivity index (χ0v) is 15.6. The quantitative estimate of drug-likeness (QED) is 0.847. The lowest BCUT2D eigenvalue weighted by Gasteiger charge is -2.33. The van der Waals surface area contributed by atoms with Gasteiger partial charge >= 0.3 is 0 Å². The maximum atomic E-state index is 12.2. The van der Waals surface area contributed by atoms with E-state index in [0.29, 0.717) is 6.04 Å². The van der Waals surface area contributed by atoms with Gasteiger partial charge in [-0.05, 0) is 49.9 Å². The van der Waals surface area contributed by atoms with E-state index >= 15 is 0 Å². The normalized spacial score (nSPS) is 22.1. The fourth-order valence-corrected chi connectivity index (χ4v) is 3.36. The van der Waals surface area contributed by atoms with Gasteiger partial charge in [-0.3, -0.25) is 14.7 Å². The Bertz CT molecular complexity index is 475. The van der Waals surface area contributed by atoms with E-state index in [9.17, 15) is 4.79 Å². The second kappa shape index (κ2) is 10.9. The van der Waals surface area contributed by atoms with Crippen molar-refractivity contribution in [2.24, 2.45) is 0 Å². The number of piperidine rings is 2. The van der Waals surface area contributed by atoms with Gasteiger partial charge in [0.15, 0.2) is 0 Å². The lowest BCUT2D eigenvalue weighted by atomic mass is 10.0. The van der Waals surface area contributed by atoms with E-state index in [1.54, 1.807) is 0 Å². The van der Waals surface area contributed by atoms with Crippen LogP contribution in [0.2, 0.25) is 0 Å². The molecule has 3 heterocycles. The first-order valence-corrected chi connectivity index (χ1v) is 8.46. The van der Waals surface area contributed by atoms with Crippen LogP contribution in [0.25, 0.3) is 0 Å². The van der Waals surface area contributed by atoms with E-state index in [0.717, 1.165) is 51.9 Å². The number of hydrogen-bond donors (Lipinski definition) is 2. The zero-order chi connectivity index (χ0) is 15.2. The molecule has 136 valence electrons. The Morgan fingerprint density at radius 1 is 1.17 bits per heavy atom. The van der Waals surface area contributed by atoms with E-state index in [1.807, 2.05) is 12.4 Å². The van der Waals surface area contributed by atoms with Crippen molar-refractivity contribution in [1.82, 2.24) is 20.5 Å². The second-order valence-corrected chi connectivity index (χ2v) is 6.42. The van der Waals surface area contributed by atoms with Crippen LogP contribution < -0.4 is 10.6 Å². The molecule has 5 nitrogen and oxygen atoms in total. The summed E-state index contributed by atoms with van der Waals surface area (Å²) in [4.78, 5) is 18.8. The highest BCUT2D eigenvalue weighted by Gasteiger charge is 2.25. The number of aromatic nitrogens is 1. The predicted molar refractivity (Wildman–Crippen MR) is 101 cm³/mol. The number of carbonyl (C=O) groups is 1. The molecule has 1 atom stereocenters. The molecular formula is C17H28Cl2N4O. The third-order valence-electron chi connectivity index (χ3n) is 4.72. The number of likely N-dealkylation sites (tertiary alicyclic amines) is 1. The van der Waals surface area contributed by atoms with Gasteiger partial charge in [0.25, 0.3) is 0 Å². The summed E-state index contributed by atoms with van der Waals surface area (Å²) in [6, 6.07) is 4.51. The van der Waals surface area contributed by atoms with Gasteiger partial charge in [-0.1, -0.05) is 6.42 Å². The van der Waals surface area contributed by atoms with E-state index < -0.39 is 0 Å². The summed E-state index contributed by atoms with van der Waals surface area (Å²) < 4.78 is 0. The van der Waals surface area contributed by atoms with Gasteiger partial charge in [-0.2, -0.15) is 0 Å². The van der Waals surface area contributed by atoms with E-state index in [2.05, 4.69) is 32.7 Å². The highest BCUT2D eigenvalue weighted by atomic mass is 35.5. The van der Waals surface area contributed by atoms with Crippen molar-refractivity contribution < 1.29 is 4.79 Å². The first-order chi connectivity index (χ1) is 10.8. The molecule has 1 unspecified atom stereocenters. The zero-order valence-electron chi connectivity index (χ0n) is 13.9. The maximum absolute atomic E-state index is 12.2. The molecule has 2 aliphatic heterocycles. The third kappa shape index (κ3) is 6.20. The van der Waals surface area contributed by atoms with Gasteiger partial charge < -0.3 is 10.6 Å². The summed E-state index contributed by atoms with van der Waals surface area (Å²) in [6.45, 7) is 4.05. The van der Waals surface area contributed by atoms with Crippen LogP contribution in [0.15, 0.2) is 24.5 Å². The molecule has 1 aromatic heterocycles. The molecule has 0 aliphatic carbocycles. The molecule has 3 rings (SSSR count). The topological polar surface area (TPSA) is 57.3 Å². The average Bonchev–Trinajstić information content (AvgIpc) is 2.58. The van der Waals surface area contributed by atoms with Gasteiger partial charge in [0, 0.05) is 38.1 Å². The van der Waals surface area contributed by atoms with Crippen LogP contribution in [0.5, 0.6) is 0 Å². The van der Waals surface area contributed by atoms with Gasteiger partial charge in [0.05, 0.1) is 6.04 Å². The number of amides is 1. The van der Waals surface area contributed by atoms with Crippen molar-refractivity contribution in [1.29, 1.82) is 0 Å². The number of carbonyl (C=O) groups excluding carboxylic acids is 1. The second-order valence-electron chi connectivity index (χ2n) is 6.42. The van der Waals surface area contributed by atoms with Crippen molar-refractivity contribution in [3.63, 3.8) is 0 Å². The Labute approximate surface area is 156 Å². The van der Waals surface area contributed by atoms with Crippen molar-refractivity contribution in [3.8, 4) is 0 Å². The van der Waals surface area contributed by atoms with Gasteiger partial charge in [0.1, 0.15) is 0 Å². The summed E-state index contributed by atoms with van der Waals surface area (Å²) in [5, 5.41) is 6.56. The minimum Gasteiger partial charge on any atom is -0.352 e. The molecule has 0 saturated carbocycles. The molecule has 0 bridgehead atoms. The van der Waals surface area contributed by atoms with Crippen LogP contribution in [-0.2, 0) is 11.3 Å². The van der Waals surface area contributed by atoms with Gasteiger partial charge in [0.2, 0.25) is 5.91 Å². The molecule has 2 aliphatic rings. The number of halogens is 2. The minimum atomic E-state index is 0. The molecule has 24 heavy (non-hydrogen) atoms. The number of nitrogens with one attached hydrogen (secondary N) is 2. The van der Waals surface area contributed by atoms with Crippen LogP contribution in [-0.4, -0.2) is 47.5 Å². The van der Waals surface area contributed by atoms with Crippen LogP contribution in [0, 0.1) is 0 Å². The smallest absolute Gasteiger partial charge is 0.237 e. The fraction of sp³-hybridized carbons (Fsp3) is 0.647. The fourth-order valence-electron chi connectivity index (χ4n) is 3.36. The standard InChI is InChI=1S/C17H26N4O.2ClH/c22-17(16-3-1-2-8-19-16)20-15-6-11-21(12-7-15)13-14-4-9-18-10-5-14;;/h4-5,9-10,15-16,19H,1-3,6-8,11-13H2,(H,20,22);2*1H. The summed E-state index contributed by atoms with van der Waals surface area (Å²) in [7, 11) is 0. The Kier molecular flexibility index (Phi) is 9.59. The lowest BCUT2D eigenvalue weighted by Crippen LogP contribution is -2.52. The van der Waals surface area contributed by atoms with E-state index in [-0.39, 0.29) is 36.8 Å². The minimum absolute atomic E-state index is 0. The predicted octanol–water partition coefficient (Wildman–Crippen LogP) is 2.15. The van der Waals surface area contributed by atoms with Gasteiger partial charge in [-0.25, -0.2) is 0 Å². The molecule has 2 N–H and O–H groups in total. The number of nitrogens with zero attached hydrogens (tertiary/aromatic N) is 2. The molecule has 2 saturated heterocycles. The molecule has 0 spiro atoms. The molecule has 1 amide bonds. The monoisotopic (exact) mass is 374 g/mol. The Balaban J connectivity index is 0.00000144. The largest absolute Gasteiger partial charge is 0.352 e. The molecule has 0 aromatic carbocycles. The van der Waals surface area contributed by atoms with Crippen LogP contribution >= 0.6 is 24.8 Å². The van der Waals surface area contributed by atoms with Crippen LogP contribution in [0.1, 0.15) is 37.7 Å². The first-order valence-electron chi connectivity index (χ1n) is 8.46. The third-order valence-corrected chi connectivity index (χ3v) is 4.72. The van der Waals surface area contributed by atoms with Crippen LogP contribution in [0.3, 0.4) is 0 Å². The Morgan fingerprint density at radius 3 is 2.50 bits per heavy atom.